The molecule has 0 bridgehead atoms. The number of nitrogens with one attached hydrogen (secondary N) is 2. The molecule has 1 aliphatic rings. The maximum Gasteiger partial charge on any atom is 0.289 e. The normalized spacial score (nSPS) is 16.4. The second kappa shape index (κ2) is 12.1. The van der Waals surface area contributed by atoms with Crippen LogP contribution < -0.4 is 10.6 Å². The van der Waals surface area contributed by atoms with E-state index in [1.807, 2.05) is 91.0 Å². The molecule has 0 spiro atoms. The molecule has 2 unspecified atom stereocenters. The van der Waals surface area contributed by atoms with Crippen molar-refractivity contribution < 1.29 is 14.4 Å². The van der Waals surface area contributed by atoms with Gasteiger partial charge in [0.1, 0.15) is 6.04 Å². The number of Topliss-reactive ketones (excluding diaryl/α,β-unsaturated/α-hetero) is 1. The Bertz CT molecular complexity index is 1120. The van der Waals surface area contributed by atoms with Crippen molar-refractivity contribution in [1.82, 2.24) is 15.5 Å². The summed E-state index contributed by atoms with van der Waals surface area (Å²) in [5.74, 6) is -1.53. The fourth-order valence-corrected chi connectivity index (χ4v) is 4.48. The number of carbonyl (C=O) groups is 3. The second-order valence-corrected chi connectivity index (χ2v) is 8.90. The fourth-order valence-electron chi connectivity index (χ4n) is 4.48. The molecule has 4 rings (SSSR count). The first-order chi connectivity index (χ1) is 17.1. The summed E-state index contributed by atoms with van der Waals surface area (Å²) < 4.78 is 0. The molecule has 3 aromatic rings. The maximum atomic E-state index is 13.3. The molecule has 0 aromatic heterocycles. The fraction of sp³-hybridized carbons (Fsp3) is 0.276. The van der Waals surface area contributed by atoms with Crippen LogP contribution >= 0.6 is 0 Å². The largest absolute Gasteiger partial charge is 0.345 e. The lowest BCUT2D eigenvalue weighted by molar-refractivity contribution is -0.140. The van der Waals surface area contributed by atoms with E-state index < -0.39 is 17.7 Å². The van der Waals surface area contributed by atoms with Gasteiger partial charge in [-0.3, -0.25) is 19.3 Å². The predicted octanol–water partition coefficient (Wildman–Crippen LogP) is 3.26. The van der Waals surface area contributed by atoms with E-state index in [0.717, 1.165) is 36.1 Å². The smallest absolute Gasteiger partial charge is 0.289 e. The number of hydrogen-bond donors (Lipinski definition) is 2. The topological polar surface area (TPSA) is 78.5 Å². The van der Waals surface area contributed by atoms with E-state index in [9.17, 15) is 14.4 Å². The number of ketones is 1. The van der Waals surface area contributed by atoms with Crippen molar-refractivity contribution >= 4 is 17.6 Å². The van der Waals surface area contributed by atoms with E-state index in [0.29, 0.717) is 6.54 Å². The van der Waals surface area contributed by atoms with E-state index >= 15 is 0 Å². The number of benzene rings is 3. The Balaban J connectivity index is 1.44. The van der Waals surface area contributed by atoms with Crippen molar-refractivity contribution in [3.63, 3.8) is 0 Å². The lowest BCUT2D eigenvalue weighted by atomic mass is 10.0. The number of amides is 2. The number of likely N-dealkylation sites (tertiary alicyclic amines) is 1. The highest BCUT2D eigenvalue weighted by Gasteiger charge is 2.34. The van der Waals surface area contributed by atoms with Crippen LogP contribution in [0.5, 0.6) is 0 Å². The molecular formula is C29H31N3O3. The summed E-state index contributed by atoms with van der Waals surface area (Å²) in [5, 5.41) is 5.61. The van der Waals surface area contributed by atoms with Gasteiger partial charge in [0.2, 0.25) is 11.7 Å². The van der Waals surface area contributed by atoms with Crippen molar-refractivity contribution in [2.45, 2.75) is 44.4 Å². The Morgan fingerprint density at radius 1 is 0.800 bits per heavy atom. The van der Waals surface area contributed by atoms with E-state index in [1.165, 1.54) is 0 Å². The minimum absolute atomic E-state index is 0.205. The summed E-state index contributed by atoms with van der Waals surface area (Å²) in [6.45, 7) is 1.75. The summed E-state index contributed by atoms with van der Waals surface area (Å²) in [5.41, 5.74) is 2.93. The summed E-state index contributed by atoms with van der Waals surface area (Å²) in [4.78, 5) is 41.3. The van der Waals surface area contributed by atoms with Crippen molar-refractivity contribution in [3.05, 3.63) is 108 Å². The van der Waals surface area contributed by atoms with Gasteiger partial charge >= 0.3 is 0 Å². The molecule has 180 valence electrons. The van der Waals surface area contributed by atoms with Gasteiger partial charge in [-0.15, -0.1) is 0 Å². The second-order valence-electron chi connectivity index (χ2n) is 8.90. The highest BCUT2D eigenvalue weighted by molar-refractivity contribution is 6.38. The highest BCUT2D eigenvalue weighted by atomic mass is 16.2. The number of nitrogens with zero attached hydrogens (tertiary/aromatic N) is 1. The first-order valence-electron chi connectivity index (χ1n) is 12.1. The SMILES string of the molecule is O=C(NCc1ccccc1)C(=O)C(Cc1ccccc1)NC(=O)C1CCCN1Cc1ccccc1. The van der Waals surface area contributed by atoms with Crippen molar-refractivity contribution in [2.75, 3.05) is 6.54 Å². The first kappa shape index (κ1) is 24.4. The van der Waals surface area contributed by atoms with Gasteiger partial charge < -0.3 is 10.6 Å². The standard InChI is InChI=1S/C29H31N3O3/c33-27(29(35)30-20-23-13-6-2-7-14-23)25(19-22-11-4-1-5-12-22)31-28(34)26-17-10-18-32(26)21-24-15-8-3-9-16-24/h1-9,11-16,25-26H,10,17-21H2,(H,30,35)(H,31,34). The molecule has 0 aliphatic carbocycles. The van der Waals surface area contributed by atoms with E-state index in [1.54, 1.807) is 0 Å². The Morgan fingerprint density at radius 3 is 2.00 bits per heavy atom. The van der Waals surface area contributed by atoms with Gasteiger partial charge in [-0.1, -0.05) is 91.0 Å². The Hall–Kier alpha value is -3.77. The molecule has 1 saturated heterocycles. The quantitative estimate of drug-likeness (QED) is 0.447. The van der Waals surface area contributed by atoms with Crippen LogP contribution in [0.25, 0.3) is 0 Å². The Kier molecular flexibility index (Phi) is 8.41. The van der Waals surface area contributed by atoms with Crippen LogP contribution in [0.4, 0.5) is 0 Å². The molecule has 2 atom stereocenters. The zero-order chi connectivity index (χ0) is 24.5. The van der Waals surface area contributed by atoms with Gasteiger partial charge in [-0.05, 0) is 36.1 Å². The van der Waals surface area contributed by atoms with Crippen LogP contribution in [0, 0.1) is 0 Å². The number of hydrogen-bond acceptors (Lipinski definition) is 4. The predicted molar refractivity (Wildman–Crippen MR) is 135 cm³/mol. The summed E-state index contributed by atoms with van der Waals surface area (Å²) >= 11 is 0. The third-order valence-corrected chi connectivity index (χ3v) is 6.33. The first-order valence-corrected chi connectivity index (χ1v) is 12.1. The maximum absolute atomic E-state index is 13.3. The average Bonchev–Trinajstić information content (AvgIpc) is 3.36. The third-order valence-electron chi connectivity index (χ3n) is 6.33. The monoisotopic (exact) mass is 469 g/mol. The van der Waals surface area contributed by atoms with E-state index in [-0.39, 0.29) is 24.9 Å². The van der Waals surface area contributed by atoms with Crippen molar-refractivity contribution in [2.24, 2.45) is 0 Å². The third kappa shape index (κ3) is 6.87. The minimum Gasteiger partial charge on any atom is -0.345 e. The van der Waals surface area contributed by atoms with Crippen LogP contribution in [0.1, 0.15) is 29.5 Å². The molecule has 0 radical (unpaired) electrons. The molecular weight excluding hydrogens is 438 g/mol. The highest BCUT2D eigenvalue weighted by Crippen LogP contribution is 2.20. The lowest BCUT2D eigenvalue weighted by Gasteiger charge is -2.26. The summed E-state index contributed by atoms with van der Waals surface area (Å²) in [7, 11) is 0. The lowest BCUT2D eigenvalue weighted by Crippen LogP contribution is -2.53. The molecule has 1 aliphatic heterocycles. The van der Waals surface area contributed by atoms with Gasteiger partial charge in [0.05, 0.1) is 6.04 Å². The minimum atomic E-state index is -0.931. The van der Waals surface area contributed by atoms with Gasteiger partial charge in [0.25, 0.3) is 5.91 Å². The van der Waals surface area contributed by atoms with E-state index in [2.05, 4.69) is 15.5 Å². The molecule has 1 heterocycles. The molecule has 6 heteroatoms. The Labute approximate surface area is 206 Å². The molecule has 2 N–H and O–H groups in total. The number of rotatable bonds is 10. The van der Waals surface area contributed by atoms with Gasteiger partial charge in [0.15, 0.2) is 0 Å². The van der Waals surface area contributed by atoms with Crippen LogP contribution in [0.3, 0.4) is 0 Å². The van der Waals surface area contributed by atoms with Gasteiger partial charge in [-0.25, -0.2) is 0 Å². The molecule has 0 saturated carbocycles. The van der Waals surface area contributed by atoms with Crippen LogP contribution in [-0.2, 0) is 33.9 Å². The van der Waals surface area contributed by atoms with Gasteiger partial charge in [0, 0.05) is 19.5 Å². The molecule has 2 amide bonds. The van der Waals surface area contributed by atoms with E-state index in [4.69, 9.17) is 0 Å². The number of carbonyl (C=O) groups excluding carboxylic acids is 3. The molecule has 35 heavy (non-hydrogen) atoms. The van der Waals surface area contributed by atoms with Crippen molar-refractivity contribution in [3.8, 4) is 0 Å². The van der Waals surface area contributed by atoms with Crippen LogP contribution in [-0.4, -0.2) is 41.1 Å². The Morgan fingerprint density at radius 2 is 1.37 bits per heavy atom. The van der Waals surface area contributed by atoms with Gasteiger partial charge in [-0.2, -0.15) is 0 Å². The molecule has 6 nitrogen and oxygen atoms in total. The summed E-state index contributed by atoms with van der Waals surface area (Å²) in [6, 6.07) is 27.7. The zero-order valence-electron chi connectivity index (χ0n) is 19.7. The van der Waals surface area contributed by atoms with Crippen LogP contribution in [0.15, 0.2) is 91.0 Å². The van der Waals surface area contributed by atoms with Crippen LogP contribution in [0.2, 0.25) is 0 Å². The van der Waals surface area contributed by atoms with Crippen molar-refractivity contribution in [1.29, 1.82) is 0 Å². The zero-order valence-corrected chi connectivity index (χ0v) is 19.7. The molecule has 3 aromatic carbocycles. The average molecular weight is 470 g/mol. The summed E-state index contributed by atoms with van der Waals surface area (Å²) in [6.07, 6.45) is 1.90. The molecule has 1 fully saturated rings.